The number of carbonyl (C=O) groups excluding carboxylic acids is 1. The lowest BCUT2D eigenvalue weighted by molar-refractivity contribution is 0.0972. The standard InChI is InChI=1S/C19H21N3O5S/c1-20(12-18(23)13-6-5-7-14(10-13)27-4)28(25,26)15-8-9-16-17(11-15)22(3)19(24)21(16)2/h5-11H,12H2,1-4H3. The molecule has 148 valence electrons. The summed E-state index contributed by atoms with van der Waals surface area (Å²) in [5, 5.41) is 0. The minimum Gasteiger partial charge on any atom is -0.497 e. The number of nitrogens with zero attached hydrogens (tertiary/aromatic N) is 3. The summed E-state index contributed by atoms with van der Waals surface area (Å²) < 4.78 is 34.8. The van der Waals surface area contributed by atoms with Crippen LogP contribution in [-0.2, 0) is 24.1 Å². The molecule has 8 nitrogen and oxygen atoms in total. The molecule has 1 aromatic heterocycles. The van der Waals surface area contributed by atoms with Gasteiger partial charge in [0.25, 0.3) is 0 Å². The maximum atomic E-state index is 12.9. The summed E-state index contributed by atoms with van der Waals surface area (Å²) in [5.41, 5.74) is 1.25. The lowest BCUT2D eigenvalue weighted by Gasteiger charge is -2.17. The zero-order valence-electron chi connectivity index (χ0n) is 16.0. The van der Waals surface area contributed by atoms with Crippen molar-refractivity contribution in [2.45, 2.75) is 4.90 Å². The fourth-order valence-electron chi connectivity index (χ4n) is 3.00. The van der Waals surface area contributed by atoms with Crippen LogP contribution in [-0.4, -0.2) is 48.3 Å². The number of aromatic nitrogens is 2. The van der Waals surface area contributed by atoms with Crippen molar-refractivity contribution in [3.63, 3.8) is 0 Å². The average molecular weight is 403 g/mol. The summed E-state index contributed by atoms with van der Waals surface area (Å²) in [5.74, 6) is 0.171. The van der Waals surface area contributed by atoms with Gasteiger partial charge in [-0.25, -0.2) is 13.2 Å². The van der Waals surface area contributed by atoms with Gasteiger partial charge in [0.1, 0.15) is 5.75 Å². The van der Waals surface area contributed by atoms with Gasteiger partial charge in [0.15, 0.2) is 5.78 Å². The molecule has 28 heavy (non-hydrogen) atoms. The number of aryl methyl sites for hydroxylation is 2. The number of hydrogen-bond acceptors (Lipinski definition) is 5. The molecule has 0 saturated heterocycles. The van der Waals surface area contributed by atoms with Gasteiger partial charge in [-0.3, -0.25) is 13.9 Å². The highest BCUT2D eigenvalue weighted by molar-refractivity contribution is 7.89. The lowest BCUT2D eigenvalue weighted by atomic mass is 10.1. The Morgan fingerprint density at radius 3 is 2.43 bits per heavy atom. The Hall–Kier alpha value is -2.91. The Labute approximate surface area is 162 Å². The number of ether oxygens (including phenoxy) is 1. The molecule has 2 aromatic carbocycles. The van der Waals surface area contributed by atoms with Crippen LogP contribution in [0.4, 0.5) is 0 Å². The first-order valence-electron chi connectivity index (χ1n) is 8.46. The summed E-state index contributed by atoms with van der Waals surface area (Å²) in [7, 11) is 2.13. The van der Waals surface area contributed by atoms with Gasteiger partial charge in [-0.2, -0.15) is 4.31 Å². The average Bonchev–Trinajstić information content (AvgIpc) is 2.91. The first-order chi connectivity index (χ1) is 13.2. The van der Waals surface area contributed by atoms with Gasteiger partial charge in [0.2, 0.25) is 10.0 Å². The van der Waals surface area contributed by atoms with Crippen LogP contribution in [0.1, 0.15) is 10.4 Å². The smallest absolute Gasteiger partial charge is 0.328 e. The highest BCUT2D eigenvalue weighted by Crippen LogP contribution is 2.21. The molecule has 3 aromatic rings. The van der Waals surface area contributed by atoms with E-state index < -0.39 is 10.0 Å². The summed E-state index contributed by atoms with van der Waals surface area (Å²) in [6.45, 7) is -0.318. The van der Waals surface area contributed by atoms with Gasteiger partial charge < -0.3 is 4.74 Å². The van der Waals surface area contributed by atoms with E-state index in [0.717, 1.165) is 4.31 Å². The number of imidazole rings is 1. The normalized spacial score (nSPS) is 11.9. The second-order valence-electron chi connectivity index (χ2n) is 6.47. The summed E-state index contributed by atoms with van der Waals surface area (Å²) in [6.07, 6.45) is 0. The van der Waals surface area contributed by atoms with Gasteiger partial charge in [-0.05, 0) is 30.3 Å². The Morgan fingerprint density at radius 2 is 1.75 bits per heavy atom. The van der Waals surface area contributed by atoms with E-state index in [1.807, 2.05) is 0 Å². The van der Waals surface area contributed by atoms with Gasteiger partial charge >= 0.3 is 5.69 Å². The largest absolute Gasteiger partial charge is 0.497 e. The second-order valence-corrected chi connectivity index (χ2v) is 8.51. The van der Waals surface area contributed by atoms with Crippen LogP contribution < -0.4 is 10.4 Å². The highest BCUT2D eigenvalue weighted by atomic mass is 32.2. The van der Waals surface area contributed by atoms with Crippen LogP contribution in [0, 0.1) is 0 Å². The van der Waals surface area contributed by atoms with Gasteiger partial charge in [0.05, 0.1) is 29.6 Å². The number of carbonyl (C=O) groups is 1. The minimum absolute atomic E-state index is 0.0159. The number of fused-ring (bicyclic) bond motifs is 1. The third-order valence-electron chi connectivity index (χ3n) is 4.71. The third kappa shape index (κ3) is 3.34. The molecule has 0 spiro atoms. The van der Waals surface area contributed by atoms with Crippen LogP contribution in [0.5, 0.6) is 5.75 Å². The van der Waals surface area contributed by atoms with Crippen molar-refractivity contribution in [3.8, 4) is 5.75 Å². The number of sulfonamides is 1. The monoisotopic (exact) mass is 403 g/mol. The highest BCUT2D eigenvalue weighted by Gasteiger charge is 2.25. The molecule has 0 aliphatic carbocycles. The summed E-state index contributed by atoms with van der Waals surface area (Å²) in [4.78, 5) is 24.6. The molecule has 3 rings (SSSR count). The Balaban J connectivity index is 1.91. The van der Waals surface area contributed by atoms with Crippen LogP contribution in [0.2, 0.25) is 0 Å². The molecule has 0 aliphatic heterocycles. The van der Waals surface area contributed by atoms with Crippen LogP contribution in [0.3, 0.4) is 0 Å². The lowest BCUT2D eigenvalue weighted by Crippen LogP contribution is -2.32. The van der Waals surface area contributed by atoms with Crippen LogP contribution >= 0.6 is 0 Å². The molecule has 1 heterocycles. The number of rotatable bonds is 6. The van der Waals surface area contributed by atoms with Gasteiger partial charge in [-0.1, -0.05) is 12.1 Å². The number of hydrogen-bond donors (Lipinski definition) is 0. The van der Waals surface area contributed by atoms with Crippen molar-refractivity contribution >= 4 is 26.8 Å². The molecule has 0 fully saturated rings. The quantitative estimate of drug-likeness (QED) is 0.580. The van der Waals surface area contributed by atoms with E-state index in [-0.39, 0.29) is 22.9 Å². The first-order valence-corrected chi connectivity index (χ1v) is 9.90. The van der Waals surface area contributed by atoms with Gasteiger partial charge in [-0.15, -0.1) is 0 Å². The second kappa shape index (κ2) is 7.25. The fourth-order valence-corrected chi connectivity index (χ4v) is 4.15. The molecule has 0 unspecified atom stereocenters. The Morgan fingerprint density at radius 1 is 1.07 bits per heavy atom. The third-order valence-corrected chi connectivity index (χ3v) is 6.51. The molecule has 0 bridgehead atoms. The van der Waals surface area contributed by atoms with E-state index in [9.17, 15) is 18.0 Å². The summed E-state index contributed by atoms with van der Waals surface area (Å²) >= 11 is 0. The molecular weight excluding hydrogens is 382 g/mol. The number of methoxy groups -OCH3 is 1. The molecule has 9 heteroatoms. The fraction of sp³-hybridized carbons (Fsp3) is 0.263. The van der Waals surface area contributed by atoms with E-state index in [1.54, 1.807) is 44.4 Å². The number of likely N-dealkylation sites (N-methyl/N-ethyl adjacent to an activating group) is 1. The molecule has 0 N–H and O–H groups in total. The van der Waals surface area contributed by atoms with Crippen molar-refractivity contribution < 1.29 is 17.9 Å². The SMILES string of the molecule is COc1cccc(C(=O)CN(C)S(=O)(=O)c2ccc3c(c2)n(C)c(=O)n3C)c1. The molecule has 0 radical (unpaired) electrons. The number of benzene rings is 2. The molecule has 0 atom stereocenters. The van der Waals surface area contributed by atoms with Crippen molar-refractivity contribution in [2.75, 3.05) is 20.7 Å². The Kier molecular flexibility index (Phi) is 5.14. The van der Waals surface area contributed by atoms with Crippen molar-refractivity contribution in [3.05, 3.63) is 58.5 Å². The first kappa shape index (κ1) is 19.8. The van der Waals surface area contributed by atoms with E-state index >= 15 is 0 Å². The van der Waals surface area contributed by atoms with E-state index in [1.165, 1.54) is 35.4 Å². The maximum absolute atomic E-state index is 12.9. The maximum Gasteiger partial charge on any atom is 0.328 e. The topological polar surface area (TPSA) is 90.6 Å². The number of Topliss-reactive ketones (excluding diaryl/α,β-unsaturated/α-hetero) is 1. The molecule has 0 aliphatic rings. The summed E-state index contributed by atoms with van der Waals surface area (Å²) in [6, 6.07) is 11.0. The van der Waals surface area contributed by atoms with Gasteiger partial charge in [0, 0.05) is 26.7 Å². The molecular formula is C19H21N3O5S. The van der Waals surface area contributed by atoms with Crippen molar-refractivity contribution in [1.29, 1.82) is 0 Å². The zero-order chi connectivity index (χ0) is 20.6. The number of ketones is 1. The van der Waals surface area contributed by atoms with Crippen LogP contribution in [0.25, 0.3) is 11.0 Å². The van der Waals surface area contributed by atoms with E-state index in [0.29, 0.717) is 22.3 Å². The van der Waals surface area contributed by atoms with Crippen molar-refractivity contribution in [2.24, 2.45) is 14.1 Å². The van der Waals surface area contributed by atoms with Crippen LogP contribution in [0.15, 0.2) is 52.2 Å². The zero-order valence-corrected chi connectivity index (χ0v) is 16.9. The van der Waals surface area contributed by atoms with E-state index in [4.69, 9.17) is 4.74 Å². The van der Waals surface area contributed by atoms with E-state index in [2.05, 4.69) is 0 Å². The molecule has 0 saturated carbocycles. The Bertz CT molecular complexity index is 1220. The van der Waals surface area contributed by atoms with Crippen molar-refractivity contribution in [1.82, 2.24) is 13.4 Å². The minimum atomic E-state index is -3.91. The molecule has 0 amide bonds. The predicted octanol–water partition coefficient (Wildman–Crippen LogP) is 1.39. The predicted molar refractivity (Wildman–Crippen MR) is 105 cm³/mol.